The van der Waals surface area contributed by atoms with E-state index in [4.69, 9.17) is 10.5 Å². The van der Waals surface area contributed by atoms with Crippen LogP contribution in [0.4, 0.5) is 4.39 Å². The van der Waals surface area contributed by atoms with Crippen LogP contribution in [0.15, 0.2) is 18.2 Å². The highest BCUT2D eigenvalue weighted by molar-refractivity contribution is 5.47. The molecule has 2 atom stereocenters. The first-order chi connectivity index (χ1) is 6.72. The Morgan fingerprint density at radius 1 is 1.50 bits per heavy atom. The van der Waals surface area contributed by atoms with E-state index in [0.29, 0.717) is 6.61 Å². The minimum atomic E-state index is -0.201. The fraction of sp³-hybridized carbons (Fsp3) is 0.455. The van der Waals surface area contributed by atoms with Gasteiger partial charge in [-0.15, -0.1) is 0 Å². The van der Waals surface area contributed by atoms with Gasteiger partial charge in [0.15, 0.2) is 0 Å². The minimum Gasteiger partial charge on any atom is -0.493 e. The van der Waals surface area contributed by atoms with E-state index < -0.39 is 0 Å². The summed E-state index contributed by atoms with van der Waals surface area (Å²) < 4.78 is 18.6. The van der Waals surface area contributed by atoms with Crippen molar-refractivity contribution in [3.05, 3.63) is 29.6 Å². The fourth-order valence-corrected chi connectivity index (χ4v) is 2.43. The molecule has 1 spiro atoms. The predicted octanol–water partition coefficient (Wildman–Crippen LogP) is 1.58. The molecule has 1 aliphatic carbocycles. The molecule has 0 radical (unpaired) electrons. The van der Waals surface area contributed by atoms with Gasteiger partial charge >= 0.3 is 0 Å². The summed E-state index contributed by atoms with van der Waals surface area (Å²) in [6.07, 6.45) is 1.89. The molecule has 1 heterocycles. The molecule has 1 aliphatic heterocycles. The highest BCUT2D eigenvalue weighted by Crippen LogP contribution is 2.54. The number of hydrogen-bond acceptors (Lipinski definition) is 2. The van der Waals surface area contributed by atoms with E-state index in [1.165, 1.54) is 6.07 Å². The van der Waals surface area contributed by atoms with Crippen molar-refractivity contribution in [2.45, 2.75) is 24.3 Å². The quantitative estimate of drug-likeness (QED) is 0.679. The normalized spacial score (nSPS) is 33.7. The van der Waals surface area contributed by atoms with Crippen LogP contribution in [0, 0.1) is 5.82 Å². The number of benzene rings is 1. The standard InChI is InChI=1S/C11H12FNO/c12-7-1-2-9-8(5-7)11(3-4-14-9)6-10(11)13/h1-2,5,10H,3-4,6,13H2/t10-,11-/m1/s1. The summed E-state index contributed by atoms with van der Waals surface area (Å²) in [4.78, 5) is 0. The summed E-state index contributed by atoms with van der Waals surface area (Å²) in [5.74, 6) is 0.610. The Bertz CT molecular complexity index is 393. The number of hydrogen-bond donors (Lipinski definition) is 1. The molecule has 1 saturated carbocycles. The molecule has 2 aliphatic rings. The van der Waals surface area contributed by atoms with E-state index in [0.717, 1.165) is 24.2 Å². The lowest BCUT2D eigenvalue weighted by Crippen LogP contribution is -2.26. The van der Waals surface area contributed by atoms with Crippen molar-refractivity contribution in [1.82, 2.24) is 0 Å². The molecule has 3 heteroatoms. The van der Waals surface area contributed by atoms with Crippen LogP contribution in [0.5, 0.6) is 5.75 Å². The molecular weight excluding hydrogens is 181 g/mol. The van der Waals surface area contributed by atoms with E-state index in [9.17, 15) is 4.39 Å². The van der Waals surface area contributed by atoms with Crippen LogP contribution in [-0.4, -0.2) is 12.6 Å². The van der Waals surface area contributed by atoms with Gasteiger partial charge in [0.1, 0.15) is 11.6 Å². The molecule has 0 unspecified atom stereocenters. The Morgan fingerprint density at radius 3 is 3.00 bits per heavy atom. The number of nitrogens with two attached hydrogens (primary N) is 1. The average molecular weight is 193 g/mol. The maximum atomic E-state index is 13.1. The van der Waals surface area contributed by atoms with Crippen molar-refractivity contribution in [2.24, 2.45) is 5.73 Å². The van der Waals surface area contributed by atoms with E-state index >= 15 is 0 Å². The zero-order chi connectivity index (χ0) is 9.76. The largest absolute Gasteiger partial charge is 0.493 e. The van der Waals surface area contributed by atoms with Gasteiger partial charge in [0.05, 0.1) is 6.61 Å². The van der Waals surface area contributed by atoms with E-state index in [-0.39, 0.29) is 17.3 Å². The first-order valence-electron chi connectivity index (χ1n) is 4.91. The molecule has 3 rings (SSSR count). The zero-order valence-corrected chi connectivity index (χ0v) is 7.79. The molecule has 2 nitrogen and oxygen atoms in total. The first-order valence-corrected chi connectivity index (χ1v) is 4.91. The third-order valence-electron chi connectivity index (χ3n) is 3.42. The highest BCUT2D eigenvalue weighted by Gasteiger charge is 2.55. The average Bonchev–Trinajstić information content (AvgIpc) is 2.80. The fourth-order valence-electron chi connectivity index (χ4n) is 2.43. The Morgan fingerprint density at radius 2 is 2.29 bits per heavy atom. The topological polar surface area (TPSA) is 35.2 Å². The molecule has 1 aromatic carbocycles. The van der Waals surface area contributed by atoms with Crippen molar-refractivity contribution in [1.29, 1.82) is 0 Å². The zero-order valence-electron chi connectivity index (χ0n) is 7.79. The van der Waals surface area contributed by atoms with Gasteiger partial charge in [-0.25, -0.2) is 4.39 Å². The molecular formula is C11H12FNO. The lowest BCUT2D eigenvalue weighted by Gasteiger charge is -2.26. The monoisotopic (exact) mass is 193 g/mol. The van der Waals surface area contributed by atoms with E-state index in [1.807, 2.05) is 0 Å². The smallest absolute Gasteiger partial charge is 0.123 e. The van der Waals surface area contributed by atoms with Crippen molar-refractivity contribution >= 4 is 0 Å². The van der Waals surface area contributed by atoms with Crippen LogP contribution in [-0.2, 0) is 5.41 Å². The Hall–Kier alpha value is -1.09. The van der Waals surface area contributed by atoms with Crippen molar-refractivity contribution in [2.75, 3.05) is 6.61 Å². The van der Waals surface area contributed by atoms with Gasteiger partial charge in [-0.3, -0.25) is 0 Å². The summed E-state index contributed by atoms with van der Waals surface area (Å²) in [6.45, 7) is 0.701. The molecule has 0 amide bonds. The molecule has 0 aromatic heterocycles. The predicted molar refractivity (Wildman–Crippen MR) is 50.8 cm³/mol. The second-order valence-corrected chi connectivity index (χ2v) is 4.21. The maximum absolute atomic E-state index is 13.1. The van der Waals surface area contributed by atoms with Crippen LogP contribution in [0.2, 0.25) is 0 Å². The van der Waals surface area contributed by atoms with Crippen molar-refractivity contribution in [3.8, 4) is 5.75 Å². The Balaban J connectivity index is 2.14. The number of rotatable bonds is 0. The molecule has 1 fully saturated rings. The van der Waals surface area contributed by atoms with Gasteiger partial charge in [-0.1, -0.05) is 0 Å². The van der Waals surface area contributed by atoms with Crippen LogP contribution >= 0.6 is 0 Å². The number of fused-ring (bicyclic) bond motifs is 2. The minimum absolute atomic E-state index is 0.0235. The highest BCUT2D eigenvalue weighted by atomic mass is 19.1. The SMILES string of the molecule is N[C@@H]1C[C@@]12CCOc1ccc(F)cc12. The van der Waals surface area contributed by atoms with Crippen LogP contribution in [0.1, 0.15) is 18.4 Å². The van der Waals surface area contributed by atoms with Gasteiger partial charge in [0, 0.05) is 17.0 Å². The van der Waals surface area contributed by atoms with Crippen LogP contribution in [0.25, 0.3) is 0 Å². The van der Waals surface area contributed by atoms with Gasteiger partial charge < -0.3 is 10.5 Å². The third kappa shape index (κ3) is 0.932. The molecule has 1 aromatic rings. The summed E-state index contributed by atoms with van der Waals surface area (Å²) >= 11 is 0. The third-order valence-corrected chi connectivity index (χ3v) is 3.42. The lowest BCUT2D eigenvalue weighted by molar-refractivity contribution is 0.257. The maximum Gasteiger partial charge on any atom is 0.123 e. The van der Waals surface area contributed by atoms with Crippen molar-refractivity contribution in [3.63, 3.8) is 0 Å². The number of halogens is 1. The molecule has 14 heavy (non-hydrogen) atoms. The van der Waals surface area contributed by atoms with Gasteiger partial charge in [0.25, 0.3) is 0 Å². The lowest BCUT2D eigenvalue weighted by atomic mass is 9.89. The Kier molecular flexibility index (Phi) is 1.46. The van der Waals surface area contributed by atoms with E-state index in [1.54, 1.807) is 12.1 Å². The van der Waals surface area contributed by atoms with Gasteiger partial charge in [-0.2, -0.15) is 0 Å². The van der Waals surface area contributed by atoms with E-state index in [2.05, 4.69) is 0 Å². The summed E-state index contributed by atoms with van der Waals surface area (Å²) in [6, 6.07) is 4.90. The van der Waals surface area contributed by atoms with Gasteiger partial charge in [0.2, 0.25) is 0 Å². The number of ether oxygens (including phenoxy) is 1. The van der Waals surface area contributed by atoms with Crippen molar-refractivity contribution < 1.29 is 9.13 Å². The second kappa shape index (κ2) is 2.48. The molecule has 0 bridgehead atoms. The molecule has 2 N–H and O–H groups in total. The van der Waals surface area contributed by atoms with Crippen LogP contribution < -0.4 is 10.5 Å². The Labute approximate surface area is 81.9 Å². The van der Waals surface area contributed by atoms with Gasteiger partial charge in [-0.05, 0) is 31.0 Å². The summed E-state index contributed by atoms with van der Waals surface area (Å²) in [5.41, 5.74) is 6.91. The first kappa shape index (κ1) is 8.24. The summed E-state index contributed by atoms with van der Waals surface area (Å²) in [5, 5.41) is 0. The van der Waals surface area contributed by atoms with Crippen LogP contribution in [0.3, 0.4) is 0 Å². The molecule has 0 saturated heterocycles. The second-order valence-electron chi connectivity index (χ2n) is 4.21. The molecule has 74 valence electrons. The summed E-state index contributed by atoms with van der Waals surface area (Å²) in [7, 11) is 0.